The second kappa shape index (κ2) is 8.85. The van der Waals surface area contributed by atoms with Gasteiger partial charge in [-0.15, -0.1) is 11.3 Å². The maximum Gasteiger partial charge on any atom is 0.243 e. The molecule has 3 aromatic rings. The third kappa shape index (κ3) is 4.19. The molecule has 3 aromatic heterocycles. The van der Waals surface area contributed by atoms with Crippen molar-refractivity contribution in [3.63, 3.8) is 0 Å². The van der Waals surface area contributed by atoms with Crippen molar-refractivity contribution in [2.24, 2.45) is 0 Å². The van der Waals surface area contributed by atoms with Crippen LogP contribution in [0.25, 0.3) is 0 Å². The van der Waals surface area contributed by atoms with E-state index >= 15 is 0 Å². The Morgan fingerprint density at radius 3 is 3.00 bits per heavy atom. The molecule has 0 spiro atoms. The fraction of sp³-hybridized carbons (Fsp3) is 0.500. The number of nitrogens with one attached hydrogen (secondary N) is 3. The summed E-state index contributed by atoms with van der Waals surface area (Å²) in [7, 11) is 0. The summed E-state index contributed by atoms with van der Waals surface area (Å²) in [6.07, 6.45) is 6.45. The average Bonchev–Trinajstić information content (AvgIpc) is 3.58. The fourth-order valence-electron chi connectivity index (χ4n) is 4.37. The van der Waals surface area contributed by atoms with Crippen LogP contribution in [0.3, 0.4) is 0 Å². The highest BCUT2D eigenvalue weighted by Crippen LogP contribution is 2.32. The monoisotopic (exact) mass is 452 g/mol. The third-order valence-electron chi connectivity index (χ3n) is 6.10. The van der Waals surface area contributed by atoms with E-state index in [0.29, 0.717) is 18.4 Å². The van der Waals surface area contributed by atoms with Crippen molar-refractivity contribution in [3.8, 4) is 0 Å². The Morgan fingerprint density at radius 1 is 1.31 bits per heavy atom. The highest BCUT2D eigenvalue weighted by Gasteiger charge is 2.34. The molecule has 10 heteroatoms. The van der Waals surface area contributed by atoms with Gasteiger partial charge in [0.2, 0.25) is 11.9 Å². The van der Waals surface area contributed by atoms with Crippen molar-refractivity contribution >= 4 is 34.8 Å². The zero-order valence-electron chi connectivity index (χ0n) is 18.4. The number of thiazole rings is 1. The van der Waals surface area contributed by atoms with Crippen LogP contribution in [0.1, 0.15) is 61.0 Å². The van der Waals surface area contributed by atoms with Crippen LogP contribution >= 0.6 is 11.3 Å². The highest BCUT2D eigenvalue weighted by molar-refractivity contribution is 7.09. The van der Waals surface area contributed by atoms with Crippen LogP contribution in [0, 0.1) is 0 Å². The molecule has 1 atom stereocenters. The van der Waals surface area contributed by atoms with E-state index in [2.05, 4.69) is 39.7 Å². The number of anilines is 3. The number of rotatable bonds is 7. The molecule has 32 heavy (non-hydrogen) atoms. The Kier molecular flexibility index (Phi) is 5.77. The van der Waals surface area contributed by atoms with Gasteiger partial charge in [-0.1, -0.05) is 13.8 Å². The number of hydrogen-bond donors (Lipinski definition) is 3. The number of hydrogen-bond acceptors (Lipinski definition) is 8. The Balaban J connectivity index is 1.37. The lowest BCUT2D eigenvalue weighted by Crippen LogP contribution is -2.44. The molecule has 9 nitrogen and oxygen atoms in total. The number of aryl methyl sites for hydroxylation is 1. The van der Waals surface area contributed by atoms with Gasteiger partial charge < -0.3 is 15.5 Å². The average molecular weight is 453 g/mol. The molecule has 0 unspecified atom stereocenters. The summed E-state index contributed by atoms with van der Waals surface area (Å²) in [6.45, 7) is 5.49. The minimum Gasteiger partial charge on any atom is -0.348 e. The second-order valence-corrected chi connectivity index (χ2v) is 9.61. The van der Waals surface area contributed by atoms with E-state index in [9.17, 15) is 4.79 Å². The third-order valence-corrected chi connectivity index (χ3v) is 6.88. The summed E-state index contributed by atoms with van der Waals surface area (Å²) >= 11 is 1.54. The van der Waals surface area contributed by atoms with E-state index in [4.69, 9.17) is 9.97 Å². The molecule has 3 N–H and O–H groups in total. The predicted molar refractivity (Wildman–Crippen MR) is 124 cm³/mol. The Morgan fingerprint density at radius 2 is 2.22 bits per heavy atom. The molecule has 0 bridgehead atoms. The number of carbonyl (C=O) groups is 1. The van der Waals surface area contributed by atoms with Gasteiger partial charge in [0.15, 0.2) is 5.82 Å². The molecule has 0 radical (unpaired) electrons. The van der Waals surface area contributed by atoms with E-state index in [-0.39, 0.29) is 11.9 Å². The number of aromatic nitrogens is 5. The minimum absolute atomic E-state index is 0.00480. The van der Waals surface area contributed by atoms with Gasteiger partial charge in [0.25, 0.3) is 0 Å². The summed E-state index contributed by atoms with van der Waals surface area (Å²) in [5.74, 6) is 2.56. The van der Waals surface area contributed by atoms with Crippen LogP contribution in [0.2, 0.25) is 0 Å². The molecule has 1 aliphatic carbocycles. The lowest BCUT2D eigenvalue weighted by molar-refractivity contribution is -0.122. The van der Waals surface area contributed by atoms with Crippen LogP contribution in [0.4, 0.5) is 17.6 Å². The van der Waals surface area contributed by atoms with Crippen molar-refractivity contribution < 1.29 is 4.79 Å². The maximum atomic E-state index is 12.9. The van der Waals surface area contributed by atoms with Gasteiger partial charge in [0.05, 0.1) is 12.2 Å². The smallest absolute Gasteiger partial charge is 0.243 e. The Bertz CT molecular complexity index is 1090. The van der Waals surface area contributed by atoms with Crippen molar-refractivity contribution in [1.82, 2.24) is 30.5 Å². The van der Waals surface area contributed by atoms with E-state index in [1.807, 2.05) is 16.3 Å². The molecule has 5 rings (SSSR count). The summed E-state index contributed by atoms with van der Waals surface area (Å²) in [5, 5.41) is 16.7. The predicted octanol–water partition coefficient (Wildman–Crippen LogP) is 3.30. The van der Waals surface area contributed by atoms with Gasteiger partial charge in [0, 0.05) is 35.4 Å². The summed E-state index contributed by atoms with van der Waals surface area (Å²) < 4.78 is 0. The topological polar surface area (TPSA) is 112 Å². The van der Waals surface area contributed by atoms with Gasteiger partial charge in [0.1, 0.15) is 16.9 Å². The van der Waals surface area contributed by atoms with Gasteiger partial charge in [-0.25, -0.2) is 9.97 Å². The van der Waals surface area contributed by atoms with Crippen LogP contribution in [0.15, 0.2) is 17.6 Å². The quantitative estimate of drug-likeness (QED) is 0.504. The van der Waals surface area contributed by atoms with Crippen LogP contribution < -0.4 is 15.5 Å². The number of amides is 1. The molecule has 0 aromatic carbocycles. The number of H-pyrrole nitrogens is 1. The Labute approximate surface area is 191 Å². The van der Waals surface area contributed by atoms with Crippen molar-refractivity contribution in [1.29, 1.82) is 0 Å². The molecule has 168 valence electrons. The molecule has 0 saturated carbocycles. The SMILES string of the molecule is CC(C)c1cc(Nc2nc(N3CCC[C@@H]3C(=O)NCc3nccs3)nc3c2CCC3)n[nH]1. The first-order chi connectivity index (χ1) is 15.6. The normalized spacial score (nSPS) is 17.7. The van der Waals surface area contributed by atoms with Gasteiger partial charge >= 0.3 is 0 Å². The number of nitrogens with zero attached hydrogens (tertiary/aromatic N) is 5. The van der Waals surface area contributed by atoms with Crippen LogP contribution in [0.5, 0.6) is 0 Å². The highest BCUT2D eigenvalue weighted by atomic mass is 32.1. The van der Waals surface area contributed by atoms with Gasteiger partial charge in [-0.3, -0.25) is 9.89 Å². The summed E-state index contributed by atoms with van der Waals surface area (Å²) in [4.78, 5) is 29.0. The van der Waals surface area contributed by atoms with Crippen LogP contribution in [-0.4, -0.2) is 43.6 Å². The molecule has 1 saturated heterocycles. The lowest BCUT2D eigenvalue weighted by atomic mass is 10.1. The first-order valence-corrected chi connectivity index (χ1v) is 12.1. The second-order valence-electron chi connectivity index (χ2n) is 8.63. The lowest BCUT2D eigenvalue weighted by Gasteiger charge is -2.25. The standard InChI is InChI=1S/C22H28N8OS/c1-13(2)16-11-18(29-28-16)26-20-14-5-3-6-15(14)25-22(27-20)30-9-4-7-17(30)21(31)24-12-19-23-8-10-32-19/h8,10-11,13,17H,3-7,9,12H2,1-2H3,(H,24,31)(H2,25,26,27,28,29)/t17-/m1/s1. The fourth-order valence-corrected chi connectivity index (χ4v) is 4.92. The van der Waals surface area contributed by atoms with Gasteiger partial charge in [-0.05, 0) is 38.0 Å². The van der Waals surface area contributed by atoms with E-state index < -0.39 is 0 Å². The molecule has 4 heterocycles. The van der Waals surface area contributed by atoms with Gasteiger partial charge in [-0.2, -0.15) is 10.1 Å². The largest absolute Gasteiger partial charge is 0.348 e. The number of fused-ring (bicyclic) bond motifs is 1. The maximum absolute atomic E-state index is 12.9. The minimum atomic E-state index is -0.264. The molecule has 1 amide bonds. The first-order valence-electron chi connectivity index (χ1n) is 11.2. The molecular formula is C22H28N8OS. The molecule has 1 aliphatic heterocycles. The number of aromatic amines is 1. The van der Waals surface area contributed by atoms with Crippen molar-refractivity contribution in [2.75, 3.05) is 16.8 Å². The number of carbonyl (C=O) groups excluding carboxylic acids is 1. The molecular weight excluding hydrogens is 424 g/mol. The summed E-state index contributed by atoms with van der Waals surface area (Å²) in [6, 6.07) is 1.76. The zero-order valence-corrected chi connectivity index (χ0v) is 19.2. The first kappa shape index (κ1) is 20.9. The zero-order chi connectivity index (χ0) is 22.1. The van der Waals surface area contributed by atoms with Crippen molar-refractivity contribution in [2.45, 2.75) is 64.5 Å². The molecule has 1 fully saturated rings. The Hall–Kier alpha value is -3.01. The van der Waals surface area contributed by atoms with Crippen LogP contribution in [-0.2, 0) is 24.2 Å². The summed E-state index contributed by atoms with van der Waals surface area (Å²) in [5.41, 5.74) is 3.31. The van der Waals surface area contributed by atoms with E-state index in [0.717, 1.165) is 72.2 Å². The van der Waals surface area contributed by atoms with E-state index in [1.54, 1.807) is 17.5 Å². The van der Waals surface area contributed by atoms with E-state index in [1.165, 1.54) is 0 Å². The molecule has 2 aliphatic rings. The van der Waals surface area contributed by atoms with Crippen molar-refractivity contribution in [3.05, 3.63) is 39.6 Å².